The number of thioether (sulfide) groups is 1. The highest BCUT2D eigenvalue weighted by Crippen LogP contribution is 2.30. The van der Waals surface area contributed by atoms with Gasteiger partial charge in [-0.15, -0.1) is 23.1 Å². The average molecular weight is 317 g/mol. The van der Waals surface area contributed by atoms with E-state index in [0.717, 1.165) is 21.2 Å². The Morgan fingerprint density at radius 2 is 2.19 bits per heavy atom. The lowest BCUT2D eigenvalue weighted by atomic mass is 10.3. The zero-order valence-corrected chi connectivity index (χ0v) is 13.1. The largest absolute Gasteiger partial charge is 0.350 e. The highest BCUT2D eigenvalue weighted by molar-refractivity contribution is 7.98. The minimum absolute atomic E-state index is 0.232. The molecule has 0 unspecified atom stereocenters. The highest BCUT2D eigenvalue weighted by Gasteiger charge is 2.12. The molecule has 0 bridgehead atoms. The van der Waals surface area contributed by atoms with Gasteiger partial charge in [0.1, 0.15) is 0 Å². The van der Waals surface area contributed by atoms with E-state index in [1.165, 1.54) is 22.3 Å². The van der Waals surface area contributed by atoms with Gasteiger partial charge in [-0.2, -0.15) is 0 Å². The molecule has 3 rings (SSSR count). The number of aromatic nitrogens is 1. The Morgan fingerprint density at radius 3 is 2.95 bits per heavy atom. The molecule has 0 aliphatic rings. The third-order valence-corrected chi connectivity index (χ3v) is 5.34. The monoisotopic (exact) mass is 317 g/mol. The molecule has 0 aliphatic heterocycles. The zero-order chi connectivity index (χ0) is 14.8. The number of aryl methyl sites for hydroxylation is 1. The SMILES string of the molecule is Cc1sc(C(=O)NN)cc1CSc1cc2ccccc2[nH]1. The van der Waals surface area contributed by atoms with E-state index in [4.69, 9.17) is 5.84 Å². The van der Waals surface area contributed by atoms with Gasteiger partial charge in [0.2, 0.25) is 0 Å². The first-order chi connectivity index (χ1) is 10.2. The fraction of sp³-hybridized carbons (Fsp3) is 0.133. The minimum atomic E-state index is -0.232. The fourth-order valence-corrected chi connectivity index (χ4v) is 4.17. The lowest BCUT2D eigenvalue weighted by Gasteiger charge is -1.98. The maximum atomic E-state index is 11.5. The number of amides is 1. The van der Waals surface area contributed by atoms with Crippen molar-refractivity contribution in [2.75, 3.05) is 0 Å². The minimum Gasteiger partial charge on any atom is -0.350 e. The first-order valence-corrected chi connectivity index (χ1v) is 8.28. The van der Waals surface area contributed by atoms with Crippen LogP contribution < -0.4 is 11.3 Å². The molecule has 0 aliphatic carbocycles. The molecule has 0 saturated carbocycles. The van der Waals surface area contributed by atoms with Gasteiger partial charge in [-0.05, 0) is 30.7 Å². The van der Waals surface area contributed by atoms with E-state index in [2.05, 4.69) is 28.6 Å². The number of thiophene rings is 1. The third kappa shape index (κ3) is 2.97. The number of carbonyl (C=O) groups is 1. The number of nitrogens with two attached hydrogens (primary N) is 1. The molecule has 4 nitrogen and oxygen atoms in total. The van der Waals surface area contributed by atoms with Crippen molar-refractivity contribution in [1.82, 2.24) is 10.4 Å². The number of hydrogen-bond acceptors (Lipinski definition) is 4. The second-order valence-electron chi connectivity index (χ2n) is 4.68. The summed E-state index contributed by atoms with van der Waals surface area (Å²) in [6.07, 6.45) is 0. The summed E-state index contributed by atoms with van der Waals surface area (Å²) >= 11 is 3.21. The van der Waals surface area contributed by atoms with Crippen molar-refractivity contribution >= 4 is 39.9 Å². The second kappa shape index (κ2) is 5.93. The van der Waals surface area contributed by atoms with Crippen LogP contribution in [0.25, 0.3) is 10.9 Å². The fourth-order valence-electron chi connectivity index (χ4n) is 2.13. The Morgan fingerprint density at radius 1 is 1.38 bits per heavy atom. The molecule has 0 atom stereocenters. The van der Waals surface area contributed by atoms with Gasteiger partial charge < -0.3 is 4.98 Å². The molecule has 2 heterocycles. The van der Waals surface area contributed by atoms with Crippen molar-refractivity contribution in [2.24, 2.45) is 5.84 Å². The predicted molar refractivity (Wildman–Crippen MR) is 88.6 cm³/mol. The molecule has 6 heteroatoms. The van der Waals surface area contributed by atoms with E-state index < -0.39 is 0 Å². The molecule has 0 spiro atoms. The molecule has 0 radical (unpaired) electrons. The molecule has 0 saturated heterocycles. The molecule has 108 valence electrons. The van der Waals surface area contributed by atoms with Gasteiger partial charge in [0.05, 0.1) is 9.90 Å². The standard InChI is InChI=1S/C15H15N3OS2/c1-9-11(6-13(21-9)15(19)18-16)8-20-14-7-10-4-2-3-5-12(10)17-14/h2-7,17H,8,16H2,1H3,(H,18,19). The van der Waals surface area contributed by atoms with Gasteiger partial charge in [0.25, 0.3) is 5.91 Å². The van der Waals surface area contributed by atoms with Crippen molar-refractivity contribution in [3.8, 4) is 0 Å². The quantitative estimate of drug-likeness (QED) is 0.299. The van der Waals surface area contributed by atoms with Crippen molar-refractivity contribution < 1.29 is 4.79 Å². The van der Waals surface area contributed by atoms with Crippen LogP contribution in [0.15, 0.2) is 41.4 Å². The van der Waals surface area contributed by atoms with Crippen LogP contribution in [0.4, 0.5) is 0 Å². The number of para-hydroxylation sites is 1. The van der Waals surface area contributed by atoms with Crippen molar-refractivity contribution in [1.29, 1.82) is 0 Å². The Bertz CT molecular complexity index is 758. The van der Waals surface area contributed by atoms with Crippen LogP contribution >= 0.6 is 23.1 Å². The number of H-pyrrole nitrogens is 1. The number of aromatic amines is 1. The topological polar surface area (TPSA) is 70.9 Å². The van der Waals surface area contributed by atoms with E-state index in [1.807, 2.05) is 25.1 Å². The summed E-state index contributed by atoms with van der Waals surface area (Å²) in [5, 5.41) is 2.34. The number of benzene rings is 1. The van der Waals surface area contributed by atoms with Gasteiger partial charge >= 0.3 is 0 Å². The maximum absolute atomic E-state index is 11.5. The van der Waals surface area contributed by atoms with E-state index in [9.17, 15) is 4.79 Å². The van der Waals surface area contributed by atoms with Crippen LogP contribution in [0.2, 0.25) is 0 Å². The van der Waals surface area contributed by atoms with Crippen molar-refractivity contribution in [2.45, 2.75) is 17.7 Å². The number of hydrazine groups is 1. The number of fused-ring (bicyclic) bond motifs is 1. The van der Waals surface area contributed by atoms with Gasteiger partial charge in [-0.25, -0.2) is 5.84 Å². The molecular formula is C15H15N3OS2. The first kappa shape index (κ1) is 14.2. The number of nitrogens with one attached hydrogen (secondary N) is 2. The summed E-state index contributed by atoms with van der Waals surface area (Å²) in [6, 6.07) is 12.3. The lowest BCUT2D eigenvalue weighted by molar-refractivity contribution is 0.0957. The van der Waals surface area contributed by atoms with E-state index >= 15 is 0 Å². The van der Waals surface area contributed by atoms with Gasteiger partial charge in [0, 0.05) is 21.5 Å². The van der Waals surface area contributed by atoms with Crippen molar-refractivity contribution in [3.63, 3.8) is 0 Å². The molecule has 1 amide bonds. The summed E-state index contributed by atoms with van der Waals surface area (Å²) in [7, 11) is 0. The van der Waals surface area contributed by atoms with Crippen molar-refractivity contribution in [3.05, 3.63) is 51.7 Å². The summed E-state index contributed by atoms with van der Waals surface area (Å²) in [5.74, 6) is 5.76. The lowest BCUT2D eigenvalue weighted by Crippen LogP contribution is -2.29. The molecule has 0 fully saturated rings. The Labute approximate surface area is 130 Å². The third-order valence-electron chi connectivity index (χ3n) is 3.26. The molecule has 2 aromatic heterocycles. The van der Waals surface area contributed by atoms with E-state index in [0.29, 0.717) is 4.88 Å². The second-order valence-corrected chi connectivity index (χ2v) is 6.95. The number of rotatable bonds is 4. The predicted octanol–water partition coefficient (Wildman–Crippen LogP) is 3.43. The summed E-state index contributed by atoms with van der Waals surface area (Å²) in [5.41, 5.74) is 4.48. The average Bonchev–Trinajstić information content (AvgIpc) is 3.07. The Kier molecular flexibility index (Phi) is 4.01. The Balaban J connectivity index is 1.75. The summed E-state index contributed by atoms with van der Waals surface area (Å²) < 4.78 is 0. The Hall–Kier alpha value is -1.76. The van der Waals surface area contributed by atoms with E-state index in [1.54, 1.807) is 11.8 Å². The normalized spacial score (nSPS) is 11.0. The maximum Gasteiger partial charge on any atom is 0.275 e. The highest BCUT2D eigenvalue weighted by atomic mass is 32.2. The summed E-state index contributed by atoms with van der Waals surface area (Å²) in [6.45, 7) is 2.03. The molecule has 21 heavy (non-hydrogen) atoms. The van der Waals surface area contributed by atoms with Gasteiger partial charge in [-0.1, -0.05) is 18.2 Å². The van der Waals surface area contributed by atoms with Gasteiger partial charge in [0.15, 0.2) is 0 Å². The number of carbonyl (C=O) groups excluding carboxylic acids is 1. The molecule has 4 N–H and O–H groups in total. The number of hydrogen-bond donors (Lipinski definition) is 3. The van der Waals surface area contributed by atoms with E-state index in [-0.39, 0.29) is 5.91 Å². The van der Waals surface area contributed by atoms with Crippen LogP contribution in [-0.4, -0.2) is 10.9 Å². The smallest absolute Gasteiger partial charge is 0.275 e. The van der Waals surface area contributed by atoms with Crippen LogP contribution in [0.1, 0.15) is 20.1 Å². The van der Waals surface area contributed by atoms with Crippen LogP contribution in [0.5, 0.6) is 0 Å². The number of nitrogen functional groups attached to an aromatic ring is 1. The van der Waals surface area contributed by atoms with Crippen LogP contribution in [0.3, 0.4) is 0 Å². The van der Waals surface area contributed by atoms with Gasteiger partial charge in [-0.3, -0.25) is 10.2 Å². The molecule has 3 aromatic rings. The van der Waals surface area contributed by atoms with Crippen LogP contribution in [-0.2, 0) is 5.75 Å². The molecular weight excluding hydrogens is 302 g/mol. The molecule has 1 aromatic carbocycles. The summed E-state index contributed by atoms with van der Waals surface area (Å²) in [4.78, 5) is 16.7. The zero-order valence-electron chi connectivity index (χ0n) is 11.5. The first-order valence-electron chi connectivity index (χ1n) is 6.48. The van der Waals surface area contributed by atoms with Crippen LogP contribution in [0, 0.1) is 6.92 Å².